The zero-order valence-corrected chi connectivity index (χ0v) is 17.7. The average molecular weight is 462 g/mol. The van der Waals surface area contributed by atoms with E-state index in [1.807, 2.05) is 48.5 Å². The molecule has 1 aromatic heterocycles. The Morgan fingerprint density at radius 2 is 2.07 bits per heavy atom. The first-order valence-electron chi connectivity index (χ1n) is 8.56. The molecule has 0 atom stereocenters. The van der Waals surface area contributed by atoms with Crippen molar-refractivity contribution >= 4 is 33.6 Å². The van der Waals surface area contributed by atoms with E-state index in [-0.39, 0.29) is 5.91 Å². The lowest BCUT2D eigenvalue weighted by Crippen LogP contribution is -2.23. The Bertz CT molecular complexity index is 963. The van der Waals surface area contributed by atoms with Gasteiger partial charge in [-0.05, 0) is 18.2 Å². The van der Waals surface area contributed by atoms with E-state index in [0.717, 1.165) is 21.3 Å². The summed E-state index contributed by atoms with van der Waals surface area (Å²) >= 11 is 4.82. The minimum Gasteiger partial charge on any atom is -0.496 e. The molecule has 0 aliphatic carbocycles. The predicted molar refractivity (Wildman–Crippen MR) is 113 cm³/mol. The molecule has 2 aromatic carbocycles. The Morgan fingerprint density at radius 1 is 1.25 bits per heavy atom. The van der Waals surface area contributed by atoms with E-state index in [1.54, 1.807) is 7.11 Å². The molecule has 0 saturated heterocycles. The molecule has 1 amide bonds. The van der Waals surface area contributed by atoms with Crippen LogP contribution in [0.15, 0.2) is 58.2 Å². The van der Waals surface area contributed by atoms with E-state index < -0.39 is 0 Å². The molecule has 3 rings (SSSR count). The Hall–Kier alpha value is -2.52. The van der Waals surface area contributed by atoms with Gasteiger partial charge in [0.05, 0.1) is 7.11 Å². The summed E-state index contributed by atoms with van der Waals surface area (Å²) in [7, 11) is 1.61. The van der Waals surface area contributed by atoms with Crippen molar-refractivity contribution in [3.8, 4) is 17.1 Å². The van der Waals surface area contributed by atoms with Crippen LogP contribution in [0.25, 0.3) is 11.4 Å². The second-order valence-corrected chi connectivity index (χ2v) is 7.85. The van der Waals surface area contributed by atoms with E-state index in [2.05, 4.69) is 31.4 Å². The number of halogens is 1. The van der Waals surface area contributed by atoms with Gasteiger partial charge in [-0.2, -0.15) is 0 Å². The summed E-state index contributed by atoms with van der Waals surface area (Å²) in [5, 5.41) is 11.7. The van der Waals surface area contributed by atoms with Crippen molar-refractivity contribution in [3.63, 3.8) is 0 Å². The first-order chi connectivity index (χ1) is 13.6. The van der Waals surface area contributed by atoms with E-state index >= 15 is 0 Å². The third-order valence-electron chi connectivity index (χ3n) is 3.98. The van der Waals surface area contributed by atoms with E-state index in [4.69, 9.17) is 10.6 Å². The summed E-state index contributed by atoms with van der Waals surface area (Å²) in [6.45, 7) is 0.424. The normalized spacial score (nSPS) is 10.6. The molecule has 3 aromatic rings. The number of para-hydroxylation sites is 1. The van der Waals surface area contributed by atoms with E-state index in [1.165, 1.54) is 16.4 Å². The largest absolute Gasteiger partial charge is 0.496 e. The highest BCUT2D eigenvalue weighted by Gasteiger charge is 2.13. The SMILES string of the molecule is COc1ccccc1CNC(=O)CCSc1nnc(-c2cccc(Br)c2)n1N. The van der Waals surface area contributed by atoms with Crippen molar-refractivity contribution in [1.82, 2.24) is 20.2 Å². The molecule has 0 aliphatic heterocycles. The Kier molecular flexibility index (Phi) is 6.94. The van der Waals surface area contributed by atoms with Crippen LogP contribution >= 0.6 is 27.7 Å². The molecule has 3 N–H and O–H groups in total. The highest BCUT2D eigenvalue weighted by molar-refractivity contribution is 9.10. The summed E-state index contributed by atoms with van der Waals surface area (Å²) in [4.78, 5) is 12.1. The number of carbonyl (C=O) groups is 1. The Morgan fingerprint density at radius 3 is 2.86 bits per heavy atom. The lowest BCUT2D eigenvalue weighted by molar-refractivity contribution is -0.120. The van der Waals surface area contributed by atoms with Crippen LogP contribution in [0.2, 0.25) is 0 Å². The van der Waals surface area contributed by atoms with Crippen LogP contribution in [0, 0.1) is 0 Å². The summed E-state index contributed by atoms with van der Waals surface area (Å²) in [5.41, 5.74) is 1.80. The number of nitrogens with two attached hydrogens (primary N) is 1. The standard InChI is InChI=1S/C19H20BrN5O2S/c1-27-16-8-3-2-5-14(16)12-22-17(26)9-10-28-19-24-23-18(25(19)21)13-6-4-7-15(20)11-13/h2-8,11H,9-10,12,21H2,1H3,(H,22,26). The molecule has 9 heteroatoms. The van der Waals surface area contributed by atoms with Gasteiger partial charge in [0.1, 0.15) is 5.75 Å². The van der Waals surface area contributed by atoms with Gasteiger partial charge in [0.25, 0.3) is 0 Å². The summed E-state index contributed by atoms with van der Waals surface area (Å²) in [6, 6.07) is 15.3. The van der Waals surface area contributed by atoms with Crippen molar-refractivity contribution in [2.24, 2.45) is 0 Å². The molecule has 7 nitrogen and oxygen atoms in total. The second kappa shape index (κ2) is 9.61. The molecule has 0 fully saturated rings. The number of nitrogen functional groups attached to an aromatic ring is 1. The lowest BCUT2D eigenvalue weighted by Gasteiger charge is -2.09. The van der Waals surface area contributed by atoms with Gasteiger partial charge < -0.3 is 15.9 Å². The van der Waals surface area contributed by atoms with Gasteiger partial charge in [-0.25, -0.2) is 4.68 Å². The van der Waals surface area contributed by atoms with Crippen LogP contribution < -0.4 is 15.9 Å². The third-order valence-corrected chi connectivity index (χ3v) is 5.41. The lowest BCUT2D eigenvalue weighted by atomic mass is 10.2. The van der Waals surface area contributed by atoms with Crippen LogP contribution in [0.3, 0.4) is 0 Å². The fraction of sp³-hybridized carbons (Fsp3) is 0.211. The number of nitrogens with one attached hydrogen (secondary N) is 1. The molecule has 1 heterocycles. The molecule has 146 valence electrons. The number of carbonyl (C=O) groups excluding carboxylic acids is 1. The first-order valence-corrected chi connectivity index (χ1v) is 10.3. The van der Waals surface area contributed by atoms with Crippen LogP contribution in [0.1, 0.15) is 12.0 Å². The maximum atomic E-state index is 12.1. The van der Waals surface area contributed by atoms with Crippen LogP contribution in [-0.2, 0) is 11.3 Å². The highest BCUT2D eigenvalue weighted by atomic mass is 79.9. The number of hydrogen-bond acceptors (Lipinski definition) is 6. The zero-order valence-electron chi connectivity index (χ0n) is 15.3. The first kappa shape index (κ1) is 20.2. The molecule has 0 saturated carbocycles. The zero-order chi connectivity index (χ0) is 19.9. The number of ether oxygens (including phenoxy) is 1. The van der Waals surface area contributed by atoms with Gasteiger partial charge in [-0.3, -0.25) is 4.79 Å². The maximum Gasteiger partial charge on any atom is 0.221 e. The minimum atomic E-state index is -0.0475. The number of amides is 1. The van der Waals surface area contributed by atoms with Gasteiger partial charge in [-0.15, -0.1) is 10.2 Å². The van der Waals surface area contributed by atoms with Crippen molar-refractivity contribution in [3.05, 3.63) is 58.6 Å². The number of thioether (sulfide) groups is 1. The molecule has 28 heavy (non-hydrogen) atoms. The number of methoxy groups -OCH3 is 1. The summed E-state index contributed by atoms with van der Waals surface area (Å²) in [6.07, 6.45) is 0.346. The fourth-order valence-electron chi connectivity index (χ4n) is 2.57. The van der Waals surface area contributed by atoms with E-state index in [0.29, 0.717) is 29.7 Å². The number of aromatic nitrogens is 3. The molecule has 0 aliphatic rings. The smallest absolute Gasteiger partial charge is 0.221 e. The minimum absolute atomic E-state index is 0.0475. The summed E-state index contributed by atoms with van der Waals surface area (Å²) < 4.78 is 7.67. The molecule has 0 spiro atoms. The van der Waals surface area contributed by atoms with Crippen molar-refractivity contribution in [2.45, 2.75) is 18.1 Å². The molecular weight excluding hydrogens is 442 g/mol. The third kappa shape index (κ3) is 5.05. The number of rotatable bonds is 8. The number of benzene rings is 2. The van der Waals surface area contributed by atoms with Crippen molar-refractivity contribution in [1.29, 1.82) is 0 Å². The quantitative estimate of drug-likeness (QED) is 0.394. The topological polar surface area (TPSA) is 95.1 Å². The monoisotopic (exact) mass is 461 g/mol. The fourth-order valence-corrected chi connectivity index (χ4v) is 3.76. The molecule has 0 bridgehead atoms. The Labute approximate surface area is 175 Å². The van der Waals surface area contributed by atoms with Crippen LogP contribution in [-0.4, -0.2) is 33.6 Å². The van der Waals surface area contributed by atoms with Gasteiger partial charge in [-0.1, -0.05) is 58.0 Å². The van der Waals surface area contributed by atoms with Crippen LogP contribution in [0.4, 0.5) is 0 Å². The summed E-state index contributed by atoms with van der Waals surface area (Å²) in [5.74, 6) is 7.94. The highest BCUT2D eigenvalue weighted by Crippen LogP contribution is 2.24. The molecule has 0 radical (unpaired) electrons. The van der Waals surface area contributed by atoms with Crippen molar-refractivity contribution in [2.75, 3.05) is 18.7 Å². The van der Waals surface area contributed by atoms with Crippen LogP contribution in [0.5, 0.6) is 5.75 Å². The maximum absolute atomic E-state index is 12.1. The number of hydrogen-bond donors (Lipinski definition) is 2. The van der Waals surface area contributed by atoms with Gasteiger partial charge in [0, 0.05) is 34.3 Å². The predicted octanol–water partition coefficient (Wildman–Crippen LogP) is 3.23. The number of nitrogens with zero attached hydrogens (tertiary/aromatic N) is 3. The molecule has 0 unspecified atom stereocenters. The van der Waals surface area contributed by atoms with Gasteiger partial charge >= 0.3 is 0 Å². The van der Waals surface area contributed by atoms with Gasteiger partial charge in [0.15, 0.2) is 5.82 Å². The second-order valence-electron chi connectivity index (χ2n) is 5.87. The van der Waals surface area contributed by atoms with Gasteiger partial charge in [0.2, 0.25) is 11.1 Å². The van der Waals surface area contributed by atoms with Crippen molar-refractivity contribution < 1.29 is 9.53 Å². The average Bonchev–Trinajstić information content (AvgIpc) is 3.07. The van der Waals surface area contributed by atoms with E-state index in [9.17, 15) is 4.79 Å². The Balaban J connectivity index is 1.50. The molecular formula is C19H20BrN5O2S.